The average Bonchev–Trinajstić information content (AvgIpc) is 3.29. The zero-order valence-corrected chi connectivity index (χ0v) is 19.5. The topological polar surface area (TPSA) is 47.6 Å². The third-order valence-electron chi connectivity index (χ3n) is 6.05. The second kappa shape index (κ2) is 9.38. The highest BCUT2D eigenvalue weighted by Crippen LogP contribution is 2.33. The number of rotatable bonds is 4. The van der Waals surface area contributed by atoms with Gasteiger partial charge < -0.3 is 20.4 Å². The van der Waals surface area contributed by atoms with E-state index in [1.165, 1.54) is 0 Å². The number of anilines is 1. The highest BCUT2D eigenvalue weighted by Gasteiger charge is 2.26. The second-order valence-corrected chi connectivity index (χ2v) is 8.97. The van der Waals surface area contributed by atoms with Gasteiger partial charge in [0.25, 0.3) is 5.91 Å². The molecule has 2 heterocycles. The van der Waals surface area contributed by atoms with Crippen molar-refractivity contribution in [2.75, 3.05) is 31.2 Å². The summed E-state index contributed by atoms with van der Waals surface area (Å²) in [7, 11) is 0. The number of amides is 1. The maximum atomic E-state index is 13.5. The van der Waals surface area contributed by atoms with E-state index in [9.17, 15) is 4.79 Å². The van der Waals surface area contributed by atoms with Crippen LogP contribution in [0.4, 0.5) is 5.69 Å². The maximum absolute atomic E-state index is 13.5. The molecule has 3 aromatic carbocycles. The molecule has 0 saturated heterocycles. The van der Waals surface area contributed by atoms with Gasteiger partial charge in [-0.05, 0) is 41.0 Å². The molecule has 0 aromatic heterocycles. The first-order valence-corrected chi connectivity index (χ1v) is 11.7. The lowest BCUT2D eigenvalue weighted by Crippen LogP contribution is -2.37. The van der Waals surface area contributed by atoms with Crippen LogP contribution in [0.5, 0.6) is 0 Å². The van der Waals surface area contributed by atoms with E-state index in [-0.39, 0.29) is 5.91 Å². The highest BCUT2D eigenvalue weighted by molar-refractivity contribution is 6.43. The Labute approximate surface area is 203 Å². The highest BCUT2D eigenvalue weighted by atomic mass is 35.5. The summed E-state index contributed by atoms with van der Waals surface area (Å²) in [5, 5.41) is 7.25. The minimum Gasteiger partial charge on any atom is -0.372 e. The Balaban J connectivity index is 1.51. The Hall–Kier alpha value is -3.15. The van der Waals surface area contributed by atoms with Crippen LogP contribution in [0.15, 0.2) is 78.6 Å². The molecule has 2 aliphatic rings. The summed E-state index contributed by atoms with van der Waals surface area (Å²) in [6, 6.07) is 22.0. The van der Waals surface area contributed by atoms with Gasteiger partial charge in [-0.3, -0.25) is 4.79 Å². The zero-order chi connectivity index (χ0) is 22.8. The molecule has 0 spiro atoms. The van der Waals surface area contributed by atoms with E-state index < -0.39 is 0 Å². The van der Waals surface area contributed by atoms with Crippen LogP contribution in [0.1, 0.15) is 15.9 Å². The number of hydrogen-bond acceptors (Lipinski definition) is 4. The van der Waals surface area contributed by atoms with Crippen molar-refractivity contribution in [2.24, 2.45) is 0 Å². The molecule has 0 unspecified atom stereocenters. The molecule has 1 amide bonds. The Morgan fingerprint density at radius 1 is 0.939 bits per heavy atom. The molecule has 0 fully saturated rings. The Morgan fingerprint density at radius 2 is 1.79 bits per heavy atom. The maximum Gasteiger partial charge on any atom is 0.255 e. The van der Waals surface area contributed by atoms with Crippen LogP contribution < -0.4 is 15.5 Å². The molecule has 2 N–H and O–H groups in total. The van der Waals surface area contributed by atoms with Gasteiger partial charge in [0.15, 0.2) is 0 Å². The van der Waals surface area contributed by atoms with Crippen molar-refractivity contribution >= 4 is 34.8 Å². The first-order chi connectivity index (χ1) is 16.1. The van der Waals surface area contributed by atoms with Crippen molar-refractivity contribution in [1.82, 2.24) is 15.5 Å². The molecule has 0 radical (unpaired) electrons. The van der Waals surface area contributed by atoms with Gasteiger partial charge in [0.05, 0.1) is 28.8 Å². The Morgan fingerprint density at radius 3 is 2.58 bits per heavy atom. The fourth-order valence-corrected chi connectivity index (χ4v) is 4.73. The SMILES string of the molecule is O=C(c1cccc(Cl)c1Cl)N1CCN(CC2=CNCN2)c2ccc(-c3ccccc3)cc2C1. The number of carbonyl (C=O) groups is 1. The molecule has 0 saturated carbocycles. The summed E-state index contributed by atoms with van der Waals surface area (Å²) < 4.78 is 0. The van der Waals surface area contributed by atoms with Crippen LogP contribution >= 0.6 is 23.2 Å². The van der Waals surface area contributed by atoms with Gasteiger partial charge in [0.1, 0.15) is 0 Å². The zero-order valence-electron chi connectivity index (χ0n) is 18.0. The van der Waals surface area contributed by atoms with E-state index in [1.807, 2.05) is 29.3 Å². The number of nitrogens with zero attached hydrogens (tertiary/aromatic N) is 2. The summed E-state index contributed by atoms with van der Waals surface area (Å²) in [4.78, 5) is 17.7. The molecule has 168 valence electrons. The van der Waals surface area contributed by atoms with Gasteiger partial charge in [-0.1, -0.05) is 65.7 Å². The average molecular weight is 479 g/mol. The van der Waals surface area contributed by atoms with Crippen molar-refractivity contribution in [3.63, 3.8) is 0 Å². The molecular weight excluding hydrogens is 455 g/mol. The van der Waals surface area contributed by atoms with Gasteiger partial charge in [0, 0.05) is 37.2 Å². The fourth-order valence-electron chi connectivity index (χ4n) is 4.35. The molecule has 33 heavy (non-hydrogen) atoms. The van der Waals surface area contributed by atoms with Crippen LogP contribution in [0.25, 0.3) is 11.1 Å². The van der Waals surface area contributed by atoms with Crippen LogP contribution in [-0.2, 0) is 6.54 Å². The lowest BCUT2D eigenvalue weighted by molar-refractivity contribution is 0.0751. The summed E-state index contributed by atoms with van der Waals surface area (Å²) in [6.45, 7) is 3.27. The van der Waals surface area contributed by atoms with E-state index in [1.54, 1.807) is 18.2 Å². The largest absolute Gasteiger partial charge is 0.372 e. The van der Waals surface area contributed by atoms with Crippen molar-refractivity contribution in [3.8, 4) is 11.1 Å². The lowest BCUT2D eigenvalue weighted by atomic mass is 10.0. The minimum absolute atomic E-state index is 0.111. The van der Waals surface area contributed by atoms with Crippen molar-refractivity contribution in [1.29, 1.82) is 0 Å². The van der Waals surface area contributed by atoms with Crippen LogP contribution in [-0.4, -0.2) is 37.1 Å². The minimum atomic E-state index is -0.111. The van der Waals surface area contributed by atoms with Crippen LogP contribution in [0.3, 0.4) is 0 Å². The molecule has 0 atom stereocenters. The predicted octanol–water partition coefficient (Wildman–Crippen LogP) is 5.11. The van der Waals surface area contributed by atoms with Gasteiger partial charge in [-0.25, -0.2) is 0 Å². The van der Waals surface area contributed by atoms with E-state index in [0.29, 0.717) is 35.2 Å². The van der Waals surface area contributed by atoms with E-state index in [0.717, 1.165) is 41.3 Å². The predicted molar refractivity (Wildman–Crippen MR) is 135 cm³/mol. The number of hydrogen-bond donors (Lipinski definition) is 2. The van der Waals surface area contributed by atoms with Gasteiger partial charge in [0.2, 0.25) is 0 Å². The van der Waals surface area contributed by atoms with Crippen molar-refractivity contribution in [2.45, 2.75) is 6.54 Å². The summed E-state index contributed by atoms with van der Waals surface area (Å²) in [5.74, 6) is -0.111. The standard InChI is InChI=1S/C26H24Cl2N4O/c27-23-8-4-7-22(25(23)28)26(33)32-12-11-31(16-21-14-29-17-30-21)24-10-9-19(13-20(24)15-32)18-5-2-1-3-6-18/h1-10,13-14,29-30H,11-12,15-17H2. The van der Waals surface area contributed by atoms with Crippen molar-refractivity contribution in [3.05, 3.63) is 99.8 Å². The third-order valence-corrected chi connectivity index (χ3v) is 6.87. The summed E-state index contributed by atoms with van der Waals surface area (Å²) in [5.41, 5.74) is 6.08. The second-order valence-electron chi connectivity index (χ2n) is 8.19. The monoisotopic (exact) mass is 478 g/mol. The van der Waals surface area contributed by atoms with E-state index >= 15 is 0 Å². The molecule has 7 heteroatoms. The lowest BCUT2D eigenvalue weighted by Gasteiger charge is -2.25. The quantitative estimate of drug-likeness (QED) is 0.546. The van der Waals surface area contributed by atoms with E-state index in [4.69, 9.17) is 23.2 Å². The summed E-state index contributed by atoms with van der Waals surface area (Å²) >= 11 is 12.6. The number of fused-ring (bicyclic) bond motifs is 1. The number of halogens is 2. The van der Waals surface area contributed by atoms with Crippen LogP contribution in [0, 0.1) is 0 Å². The molecule has 2 aliphatic heterocycles. The Bertz CT molecular complexity index is 1210. The van der Waals surface area contributed by atoms with Crippen LogP contribution in [0.2, 0.25) is 10.0 Å². The molecule has 5 nitrogen and oxygen atoms in total. The van der Waals surface area contributed by atoms with Gasteiger partial charge in [-0.2, -0.15) is 0 Å². The first kappa shape index (κ1) is 21.7. The first-order valence-electron chi connectivity index (χ1n) is 10.9. The van der Waals surface area contributed by atoms with Gasteiger partial charge >= 0.3 is 0 Å². The fraction of sp³-hybridized carbons (Fsp3) is 0.192. The molecular formula is C26H24Cl2N4O. The van der Waals surface area contributed by atoms with E-state index in [2.05, 4.69) is 45.9 Å². The van der Waals surface area contributed by atoms with Crippen molar-refractivity contribution < 1.29 is 4.79 Å². The normalized spacial score (nSPS) is 15.3. The van der Waals surface area contributed by atoms with Gasteiger partial charge in [-0.15, -0.1) is 0 Å². The number of nitrogens with one attached hydrogen (secondary N) is 2. The molecule has 0 bridgehead atoms. The molecule has 3 aromatic rings. The Kier molecular flexibility index (Phi) is 6.16. The molecule has 5 rings (SSSR count). The smallest absolute Gasteiger partial charge is 0.255 e. The molecule has 0 aliphatic carbocycles. The summed E-state index contributed by atoms with van der Waals surface area (Å²) in [6.07, 6.45) is 2.01. The third kappa shape index (κ3) is 4.52. The number of carbonyl (C=O) groups excluding carboxylic acids is 1. The number of benzene rings is 3.